The SMILES string of the molecule is C.C.Cc1ccc(-c2noc(C3CC(F)(F)C3)n2)cc1NC(=O)c1cnc2ccccn12.Cc1ccc(/C(N)=N/O)cc1NC(=O)c1cnc2ccccn12.F.FF.FF.FF.FF.FF.FF.O=C(O)C1CC(F)(F)C1. The van der Waals surface area contributed by atoms with Gasteiger partial charge in [0.25, 0.3) is 11.8 Å². The van der Waals surface area contributed by atoms with E-state index in [9.17, 15) is 31.9 Å². The van der Waals surface area contributed by atoms with Crippen molar-refractivity contribution < 1.29 is 106 Å². The lowest BCUT2D eigenvalue weighted by molar-refractivity contribution is -0.165. The lowest BCUT2D eigenvalue weighted by Gasteiger charge is -2.31. The molecule has 0 aliphatic heterocycles. The number of carboxylic acids is 1. The van der Waals surface area contributed by atoms with Gasteiger partial charge in [-0.3, -0.25) is 27.9 Å². The Hall–Kier alpha value is -8.55. The van der Waals surface area contributed by atoms with Crippen molar-refractivity contribution in [2.45, 2.75) is 72.1 Å². The number of pyridine rings is 2. The fourth-order valence-corrected chi connectivity index (χ4v) is 6.63. The van der Waals surface area contributed by atoms with Crippen molar-refractivity contribution in [3.63, 3.8) is 0 Å². The number of alkyl halides is 4. The van der Waals surface area contributed by atoms with E-state index in [0.717, 1.165) is 11.1 Å². The van der Waals surface area contributed by atoms with Gasteiger partial charge < -0.3 is 31.2 Å². The van der Waals surface area contributed by atoms with Gasteiger partial charge in [-0.2, -0.15) is 4.98 Å². The van der Waals surface area contributed by atoms with Crippen molar-refractivity contribution >= 4 is 46.3 Å². The predicted molar refractivity (Wildman–Crippen MR) is 246 cm³/mol. The molecule has 33 heteroatoms. The summed E-state index contributed by atoms with van der Waals surface area (Å²) in [5, 5.41) is 29.5. The van der Waals surface area contributed by atoms with E-state index in [1.807, 2.05) is 56.3 Å². The molecule has 5 aromatic heterocycles. The number of hydrogen-bond acceptors (Lipinski definition) is 10. The van der Waals surface area contributed by atoms with E-state index in [0.29, 0.717) is 51.0 Å². The van der Waals surface area contributed by atoms with Crippen LogP contribution in [0, 0.1) is 19.8 Å². The summed E-state index contributed by atoms with van der Waals surface area (Å²) in [5.74, 6) is -7.79. The first-order chi connectivity index (χ1) is 35.5. The third kappa shape index (κ3) is 19.9. The minimum atomic E-state index is -2.71. The number of aromatic nitrogens is 6. The number of rotatable bonds is 8. The summed E-state index contributed by atoms with van der Waals surface area (Å²) in [7, 11) is 0. The number of aryl methyl sites for hydroxylation is 2. The Morgan fingerprint density at radius 1 is 0.675 bits per heavy atom. The minimum Gasteiger partial charge on any atom is -0.481 e. The Labute approximate surface area is 423 Å². The molecule has 77 heavy (non-hydrogen) atoms. The van der Waals surface area contributed by atoms with Crippen molar-refractivity contribution in [2.24, 2.45) is 16.8 Å². The summed E-state index contributed by atoms with van der Waals surface area (Å²) in [6, 6.07) is 21.5. The third-order valence-corrected chi connectivity index (χ3v) is 10.3. The Morgan fingerprint density at radius 3 is 1.51 bits per heavy atom. The standard InChI is InChI=1S/C21H17F2N5O2.C16H15N5O2.C5H6F2O2.2CH4.6F2.FH/c1-12-5-6-13(18-26-20(30-27-18)14-9-21(22,23)10-14)8-15(12)25-19(29)16-11-24-17-4-2-3-7-28(16)17;1-10-5-6-11(15(17)20-23)8-12(10)19-16(22)13-9-18-14-4-2-3-7-21(13)14;6-5(7)1-3(2-5)4(8)9;;;6*1-2;/h2-8,11,14H,9-10H2,1H3,(H,25,29);2-9,23H,1H3,(H2,17,20)(H,19,22);3H,1-2H2,(H,8,9);2*1H4;;;;;;;1H. The zero-order valence-electron chi connectivity index (χ0n) is 37.9. The van der Waals surface area contributed by atoms with Crippen LogP contribution in [0.3, 0.4) is 0 Å². The van der Waals surface area contributed by atoms with Crippen LogP contribution in [-0.2, 0) is 4.79 Å². The Balaban J connectivity index is -0.00000104. The number of imidazole rings is 2. The van der Waals surface area contributed by atoms with Gasteiger partial charge in [-0.15, -0.1) is 0 Å². The van der Waals surface area contributed by atoms with E-state index < -0.39 is 42.5 Å². The predicted octanol–water partition coefficient (Wildman–Crippen LogP) is 14.0. The second kappa shape index (κ2) is 35.6. The van der Waals surface area contributed by atoms with Gasteiger partial charge in [-0.05, 0) is 61.4 Å². The van der Waals surface area contributed by atoms with Crippen molar-refractivity contribution in [3.05, 3.63) is 132 Å². The topological polar surface area (TPSA) is 228 Å². The molecule has 5 heterocycles. The molecule has 2 aromatic carbocycles. The highest BCUT2D eigenvalue weighted by Gasteiger charge is 2.49. The highest BCUT2D eigenvalue weighted by molar-refractivity contribution is 6.05. The number of carbonyl (C=O) groups is 3. The molecular weight excluding hydrogens is 1090 g/mol. The molecule has 2 fully saturated rings. The Morgan fingerprint density at radius 2 is 1.10 bits per heavy atom. The highest BCUT2D eigenvalue weighted by atomic mass is 20.0. The van der Waals surface area contributed by atoms with E-state index in [1.54, 1.807) is 51.5 Å². The largest absolute Gasteiger partial charge is 0.481 e. The molecule has 2 aliphatic carbocycles. The molecule has 0 spiro atoms. The number of oxime groups is 1. The first-order valence-electron chi connectivity index (χ1n) is 19.8. The second-order valence-electron chi connectivity index (χ2n) is 14.8. The van der Waals surface area contributed by atoms with Crippen molar-refractivity contribution in [1.29, 1.82) is 0 Å². The van der Waals surface area contributed by atoms with E-state index >= 15 is 0 Å². The fraction of sp³-hybridized carbons (Fsp3) is 0.273. The molecule has 6 N–H and O–H groups in total. The highest BCUT2D eigenvalue weighted by Crippen LogP contribution is 2.48. The lowest BCUT2D eigenvalue weighted by atomic mass is 9.81. The van der Waals surface area contributed by atoms with E-state index in [-0.39, 0.29) is 55.9 Å². The monoisotopic (exact) mass is 1130 g/mol. The summed E-state index contributed by atoms with van der Waals surface area (Å²) < 4.78 is 155. The number of fused-ring (bicyclic) bond motifs is 2. The number of amidine groups is 1. The van der Waals surface area contributed by atoms with Gasteiger partial charge in [-0.1, -0.05) is 61.6 Å². The fourth-order valence-electron chi connectivity index (χ4n) is 6.63. The number of carbonyl (C=O) groups excluding carboxylic acids is 2. The first-order valence-corrected chi connectivity index (χ1v) is 19.8. The molecular formula is C44H47F17N10O6. The number of halogens is 17. The Kier molecular flexibility index (Phi) is 33.6. The molecule has 428 valence electrons. The third-order valence-electron chi connectivity index (χ3n) is 10.3. The van der Waals surface area contributed by atoms with Crippen LogP contribution >= 0.6 is 0 Å². The molecule has 0 unspecified atom stereocenters. The van der Waals surface area contributed by atoms with E-state index in [2.05, 4.69) is 35.9 Å². The van der Waals surface area contributed by atoms with Crippen LogP contribution in [0.15, 0.2) is 107 Å². The summed E-state index contributed by atoms with van der Waals surface area (Å²) in [5.41, 5.74) is 11.8. The van der Waals surface area contributed by atoms with Gasteiger partial charge >= 0.3 is 5.97 Å². The number of aliphatic carboxylic acids is 1. The number of benzene rings is 2. The first kappa shape index (κ1) is 72.7. The van der Waals surface area contributed by atoms with Gasteiger partial charge in [0, 0.05) is 121 Å². The normalized spacial score (nSPS) is 13.0. The molecule has 0 saturated heterocycles. The second-order valence-corrected chi connectivity index (χ2v) is 14.8. The number of carboxylic acid groups (broad SMARTS) is 1. The van der Waals surface area contributed by atoms with Crippen LogP contribution in [0.1, 0.15) is 90.0 Å². The van der Waals surface area contributed by atoms with Gasteiger partial charge in [0.15, 0.2) is 5.84 Å². The molecule has 2 aliphatic rings. The summed E-state index contributed by atoms with van der Waals surface area (Å²) in [6.07, 6.45) is 5.07. The number of hydrogen-bond donors (Lipinski definition) is 5. The molecule has 2 saturated carbocycles. The molecule has 0 radical (unpaired) electrons. The summed E-state index contributed by atoms with van der Waals surface area (Å²) >= 11 is 0. The molecule has 7 aromatic rings. The number of nitrogens with two attached hydrogens (primary N) is 1. The zero-order valence-corrected chi connectivity index (χ0v) is 37.9. The maximum absolute atomic E-state index is 13.1. The van der Waals surface area contributed by atoms with Crippen LogP contribution in [0.25, 0.3) is 22.7 Å². The number of nitrogens with zero attached hydrogens (tertiary/aromatic N) is 7. The average Bonchev–Trinajstić information content (AvgIpc) is 4.20. The Bertz CT molecular complexity index is 2860. The van der Waals surface area contributed by atoms with E-state index in [1.165, 1.54) is 12.4 Å². The molecule has 0 atom stereocenters. The van der Waals surface area contributed by atoms with Gasteiger partial charge in [0.2, 0.25) is 23.6 Å². The van der Waals surface area contributed by atoms with Crippen molar-refractivity contribution in [2.75, 3.05) is 10.6 Å². The van der Waals surface area contributed by atoms with Crippen LogP contribution in [-0.4, -0.2) is 74.7 Å². The van der Waals surface area contributed by atoms with Gasteiger partial charge in [0.05, 0.1) is 18.3 Å². The number of amides is 2. The maximum atomic E-state index is 13.1. The summed E-state index contributed by atoms with van der Waals surface area (Å²) in [6.45, 7) is 3.73. The number of nitrogens with one attached hydrogen (secondary N) is 2. The molecule has 0 bridgehead atoms. The quantitative estimate of drug-likeness (QED) is 0.0316. The molecule has 2 amide bonds. The molecule has 16 nitrogen and oxygen atoms in total. The van der Waals surface area contributed by atoms with Gasteiger partial charge in [-0.25, -0.2) is 27.5 Å². The average molecular weight is 1130 g/mol. The zero-order chi connectivity index (χ0) is 56.3. The van der Waals surface area contributed by atoms with Gasteiger partial charge in [0.1, 0.15) is 22.7 Å². The summed E-state index contributed by atoms with van der Waals surface area (Å²) in [4.78, 5) is 47.9. The van der Waals surface area contributed by atoms with Crippen molar-refractivity contribution in [1.82, 2.24) is 28.9 Å². The minimum absolute atomic E-state index is 0. The van der Waals surface area contributed by atoms with Crippen LogP contribution in [0.2, 0.25) is 0 Å². The van der Waals surface area contributed by atoms with Crippen LogP contribution in [0.5, 0.6) is 0 Å². The molecule has 9 rings (SSSR count). The van der Waals surface area contributed by atoms with Crippen molar-refractivity contribution in [3.8, 4) is 11.4 Å². The lowest BCUT2D eigenvalue weighted by Crippen LogP contribution is -2.39. The van der Waals surface area contributed by atoms with Crippen LogP contribution < -0.4 is 16.4 Å². The number of anilines is 2. The van der Waals surface area contributed by atoms with Crippen LogP contribution in [0.4, 0.5) is 88.5 Å². The smallest absolute Gasteiger partial charge is 0.306 e. The van der Waals surface area contributed by atoms with E-state index in [4.69, 9.17) is 75.5 Å². The maximum Gasteiger partial charge on any atom is 0.306 e.